The molecule has 2 aromatic carbocycles. The van der Waals surface area contributed by atoms with Gasteiger partial charge in [-0.3, -0.25) is 9.52 Å². The minimum absolute atomic E-state index is 0.00102. The van der Waals surface area contributed by atoms with E-state index in [1.165, 1.54) is 24.3 Å². The molecule has 0 aliphatic carbocycles. The summed E-state index contributed by atoms with van der Waals surface area (Å²) in [6.45, 7) is 1.88. The highest BCUT2D eigenvalue weighted by atomic mass is 35.5. The van der Waals surface area contributed by atoms with E-state index in [1.807, 2.05) is 24.4 Å². The van der Waals surface area contributed by atoms with Gasteiger partial charge in [0.25, 0.3) is 15.9 Å². The van der Waals surface area contributed by atoms with Gasteiger partial charge in [-0.25, -0.2) is 8.42 Å². The Balaban J connectivity index is 1.79. The molecule has 3 rings (SSSR count). The number of thiophene rings is 1. The van der Waals surface area contributed by atoms with Gasteiger partial charge in [-0.2, -0.15) is 0 Å². The van der Waals surface area contributed by atoms with Crippen molar-refractivity contribution in [1.29, 1.82) is 0 Å². The van der Waals surface area contributed by atoms with Crippen LogP contribution >= 0.6 is 22.9 Å². The van der Waals surface area contributed by atoms with Crippen molar-refractivity contribution < 1.29 is 13.2 Å². The van der Waals surface area contributed by atoms with Crippen molar-refractivity contribution in [2.45, 2.75) is 17.9 Å². The average Bonchev–Trinajstić information content (AvgIpc) is 3.16. The van der Waals surface area contributed by atoms with Crippen molar-refractivity contribution in [2.75, 3.05) is 4.72 Å². The van der Waals surface area contributed by atoms with E-state index in [-0.39, 0.29) is 22.4 Å². The van der Waals surface area contributed by atoms with Gasteiger partial charge >= 0.3 is 0 Å². The van der Waals surface area contributed by atoms with Gasteiger partial charge in [-0.15, -0.1) is 11.3 Å². The lowest BCUT2D eigenvalue weighted by molar-refractivity contribution is 0.0940. The van der Waals surface area contributed by atoms with Crippen LogP contribution in [0.1, 0.15) is 28.2 Å². The molecule has 1 unspecified atom stereocenters. The maximum Gasteiger partial charge on any atom is 0.261 e. The Bertz CT molecular complexity index is 1050. The Hall–Kier alpha value is -2.35. The quantitative estimate of drug-likeness (QED) is 0.607. The van der Waals surface area contributed by atoms with Crippen molar-refractivity contribution in [2.24, 2.45) is 0 Å². The van der Waals surface area contributed by atoms with Gasteiger partial charge in [0.15, 0.2) is 0 Å². The molecular weight excluding hydrogens is 404 g/mol. The fraction of sp³-hybridized carbons (Fsp3) is 0.105. The van der Waals surface area contributed by atoms with E-state index >= 15 is 0 Å². The van der Waals surface area contributed by atoms with E-state index in [1.54, 1.807) is 35.6 Å². The van der Waals surface area contributed by atoms with E-state index < -0.39 is 10.0 Å². The third-order valence-electron chi connectivity index (χ3n) is 3.80. The monoisotopic (exact) mass is 420 g/mol. The summed E-state index contributed by atoms with van der Waals surface area (Å²) in [5.74, 6) is -0.337. The van der Waals surface area contributed by atoms with Crippen LogP contribution in [-0.2, 0) is 10.0 Å². The van der Waals surface area contributed by atoms with Gasteiger partial charge in [0.05, 0.1) is 16.6 Å². The highest BCUT2D eigenvalue weighted by molar-refractivity contribution is 7.92. The molecule has 1 aromatic heterocycles. The van der Waals surface area contributed by atoms with E-state index in [4.69, 9.17) is 11.6 Å². The predicted molar refractivity (Wildman–Crippen MR) is 109 cm³/mol. The van der Waals surface area contributed by atoms with Gasteiger partial charge in [-0.05, 0) is 54.8 Å². The van der Waals surface area contributed by atoms with Crippen LogP contribution in [0.3, 0.4) is 0 Å². The number of sulfonamides is 1. The third kappa shape index (κ3) is 4.88. The molecule has 140 valence electrons. The molecule has 2 N–H and O–H groups in total. The number of halogens is 1. The first-order chi connectivity index (χ1) is 12.8. The standard InChI is InChI=1S/C19H17ClN2O3S2/c1-13(18-9-4-10-26-18)21-19(23)14-5-2-8-17(11-14)27(24,25)22-16-7-3-6-15(20)12-16/h2-13,22H,1H3,(H,21,23). The Morgan fingerprint density at radius 2 is 1.85 bits per heavy atom. The Morgan fingerprint density at radius 3 is 2.56 bits per heavy atom. The second-order valence-corrected chi connectivity index (χ2v) is 8.95. The normalized spacial score (nSPS) is 12.4. The molecule has 1 atom stereocenters. The summed E-state index contributed by atoms with van der Waals surface area (Å²) in [4.78, 5) is 13.5. The molecular formula is C19H17ClN2O3S2. The number of hydrogen-bond donors (Lipinski definition) is 2. The summed E-state index contributed by atoms with van der Waals surface area (Å²) < 4.78 is 27.7. The van der Waals surface area contributed by atoms with Crippen LogP contribution in [0.5, 0.6) is 0 Å². The molecule has 0 saturated carbocycles. The Morgan fingerprint density at radius 1 is 1.07 bits per heavy atom. The summed E-state index contributed by atoms with van der Waals surface area (Å²) in [7, 11) is -3.84. The zero-order valence-corrected chi connectivity index (χ0v) is 16.7. The van der Waals surface area contributed by atoms with Crippen LogP contribution in [0.25, 0.3) is 0 Å². The lowest BCUT2D eigenvalue weighted by atomic mass is 10.2. The highest BCUT2D eigenvalue weighted by Gasteiger charge is 2.18. The zero-order chi connectivity index (χ0) is 19.4. The first-order valence-electron chi connectivity index (χ1n) is 8.08. The molecule has 1 amide bonds. The van der Waals surface area contributed by atoms with Crippen molar-refractivity contribution in [3.05, 3.63) is 81.5 Å². The van der Waals surface area contributed by atoms with E-state index in [0.29, 0.717) is 10.7 Å². The SMILES string of the molecule is CC(NC(=O)c1cccc(S(=O)(=O)Nc2cccc(Cl)c2)c1)c1cccs1. The van der Waals surface area contributed by atoms with Gasteiger partial charge in [0.2, 0.25) is 0 Å². The number of carbonyl (C=O) groups excluding carboxylic acids is 1. The number of anilines is 1. The summed E-state index contributed by atoms with van der Waals surface area (Å²) in [5.41, 5.74) is 0.621. The number of nitrogens with one attached hydrogen (secondary N) is 2. The average molecular weight is 421 g/mol. The molecule has 5 nitrogen and oxygen atoms in total. The van der Waals surface area contributed by atoms with Crippen LogP contribution in [0.4, 0.5) is 5.69 Å². The molecule has 1 heterocycles. The van der Waals surface area contributed by atoms with Crippen LogP contribution in [0, 0.1) is 0 Å². The zero-order valence-electron chi connectivity index (χ0n) is 14.3. The molecule has 0 fully saturated rings. The van der Waals surface area contributed by atoms with Gasteiger partial charge in [0.1, 0.15) is 0 Å². The van der Waals surface area contributed by atoms with Crippen LogP contribution in [0.2, 0.25) is 5.02 Å². The number of amides is 1. The second kappa shape index (κ2) is 8.12. The maximum absolute atomic E-state index is 12.6. The minimum atomic E-state index is -3.84. The topological polar surface area (TPSA) is 75.3 Å². The smallest absolute Gasteiger partial charge is 0.261 e. The maximum atomic E-state index is 12.6. The van der Waals surface area contributed by atoms with Crippen LogP contribution < -0.4 is 10.0 Å². The number of benzene rings is 2. The fourth-order valence-electron chi connectivity index (χ4n) is 2.46. The molecule has 0 bridgehead atoms. The molecule has 0 saturated heterocycles. The Kier molecular flexibility index (Phi) is 5.84. The summed E-state index contributed by atoms with van der Waals surface area (Å²) in [6, 6.07) is 16.0. The number of carbonyl (C=O) groups is 1. The van der Waals surface area contributed by atoms with Gasteiger partial charge < -0.3 is 5.32 Å². The third-order valence-corrected chi connectivity index (χ3v) is 6.47. The van der Waals surface area contributed by atoms with Crippen LogP contribution in [0.15, 0.2) is 70.9 Å². The van der Waals surface area contributed by atoms with Crippen molar-refractivity contribution >= 4 is 44.6 Å². The molecule has 27 heavy (non-hydrogen) atoms. The largest absolute Gasteiger partial charge is 0.345 e. The predicted octanol–water partition coefficient (Wildman–Crippen LogP) is 4.69. The summed E-state index contributed by atoms with van der Waals surface area (Å²) in [5, 5.41) is 5.23. The van der Waals surface area contributed by atoms with Crippen molar-refractivity contribution in [3.63, 3.8) is 0 Å². The molecule has 8 heteroatoms. The van der Waals surface area contributed by atoms with Gasteiger partial charge in [0, 0.05) is 15.5 Å². The lowest BCUT2D eigenvalue weighted by Crippen LogP contribution is -2.26. The molecule has 0 spiro atoms. The highest BCUT2D eigenvalue weighted by Crippen LogP contribution is 2.21. The number of rotatable bonds is 6. The van der Waals surface area contributed by atoms with Crippen LogP contribution in [-0.4, -0.2) is 14.3 Å². The van der Waals surface area contributed by atoms with Gasteiger partial charge in [-0.1, -0.05) is 29.8 Å². The fourth-order valence-corrected chi connectivity index (χ4v) is 4.48. The van der Waals surface area contributed by atoms with E-state index in [9.17, 15) is 13.2 Å². The van der Waals surface area contributed by atoms with Crippen molar-refractivity contribution in [1.82, 2.24) is 5.32 Å². The second-order valence-electron chi connectivity index (χ2n) is 5.85. The van der Waals surface area contributed by atoms with E-state index in [0.717, 1.165) is 4.88 Å². The molecule has 0 radical (unpaired) electrons. The molecule has 3 aromatic rings. The minimum Gasteiger partial charge on any atom is -0.345 e. The molecule has 0 aliphatic rings. The Labute approximate surface area is 167 Å². The number of hydrogen-bond acceptors (Lipinski definition) is 4. The summed E-state index contributed by atoms with van der Waals surface area (Å²) in [6.07, 6.45) is 0. The lowest BCUT2D eigenvalue weighted by Gasteiger charge is -2.13. The summed E-state index contributed by atoms with van der Waals surface area (Å²) >= 11 is 7.44. The first kappa shape index (κ1) is 19.4. The molecule has 0 aliphatic heterocycles. The first-order valence-corrected chi connectivity index (χ1v) is 10.8. The van der Waals surface area contributed by atoms with E-state index in [2.05, 4.69) is 10.0 Å². The van der Waals surface area contributed by atoms with Crippen molar-refractivity contribution in [3.8, 4) is 0 Å².